The summed E-state index contributed by atoms with van der Waals surface area (Å²) >= 11 is 0. The third-order valence-electron chi connectivity index (χ3n) is 2.89. The van der Waals surface area contributed by atoms with Crippen LogP contribution in [0.3, 0.4) is 0 Å². The Hall–Kier alpha value is -1.10. The average Bonchev–Trinajstić information content (AvgIpc) is 2.24. The van der Waals surface area contributed by atoms with Crippen LogP contribution in [0.1, 0.15) is 45.4 Å². The second kappa shape index (κ2) is 7.27. The van der Waals surface area contributed by atoms with Crippen molar-refractivity contribution < 1.29 is 19.4 Å². The lowest BCUT2D eigenvalue weighted by Gasteiger charge is -2.27. The molecule has 5 heteroatoms. The predicted molar refractivity (Wildman–Crippen MR) is 62.7 cm³/mol. The van der Waals surface area contributed by atoms with Crippen LogP contribution >= 0.6 is 0 Å². The smallest absolute Gasteiger partial charge is 0.303 e. The lowest BCUT2D eigenvalue weighted by Crippen LogP contribution is -2.41. The fourth-order valence-electron chi connectivity index (χ4n) is 1.99. The summed E-state index contributed by atoms with van der Waals surface area (Å²) in [6.07, 6.45) is 3.69. The Morgan fingerprint density at radius 1 is 1.35 bits per heavy atom. The molecule has 1 saturated heterocycles. The number of hydrogen-bond acceptors (Lipinski definition) is 3. The molecule has 17 heavy (non-hydrogen) atoms. The minimum absolute atomic E-state index is 0.0227. The van der Waals surface area contributed by atoms with Crippen LogP contribution in [0.4, 0.5) is 0 Å². The number of unbranched alkanes of at least 4 members (excludes halogenated alkanes) is 1. The van der Waals surface area contributed by atoms with Gasteiger partial charge in [-0.1, -0.05) is 0 Å². The highest BCUT2D eigenvalue weighted by atomic mass is 16.5. The summed E-state index contributed by atoms with van der Waals surface area (Å²) in [5, 5.41) is 11.4. The van der Waals surface area contributed by atoms with Crippen molar-refractivity contribution in [1.82, 2.24) is 5.32 Å². The minimum atomic E-state index is -0.802. The predicted octanol–water partition coefficient (Wildman–Crippen LogP) is 1.32. The van der Waals surface area contributed by atoms with Crippen LogP contribution in [-0.4, -0.2) is 35.7 Å². The lowest BCUT2D eigenvalue weighted by molar-refractivity contribution is -0.137. The monoisotopic (exact) mass is 243 g/mol. The Bertz CT molecular complexity index is 267. The van der Waals surface area contributed by atoms with Crippen LogP contribution in [0.5, 0.6) is 0 Å². The van der Waals surface area contributed by atoms with E-state index in [0.29, 0.717) is 25.9 Å². The van der Waals surface area contributed by atoms with Gasteiger partial charge in [0.2, 0.25) is 5.91 Å². The van der Waals surface area contributed by atoms with E-state index in [0.717, 1.165) is 12.8 Å². The fourth-order valence-corrected chi connectivity index (χ4v) is 1.99. The molecule has 0 aromatic heterocycles. The maximum Gasteiger partial charge on any atom is 0.303 e. The van der Waals surface area contributed by atoms with Crippen molar-refractivity contribution in [2.45, 2.75) is 57.6 Å². The van der Waals surface area contributed by atoms with Crippen molar-refractivity contribution >= 4 is 11.9 Å². The van der Waals surface area contributed by atoms with Gasteiger partial charge in [-0.05, 0) is 32.6 Å². The van der Waals surface area contributed by atoms with Crippen LogP contribution < -0.4 is 5.32 Å². The van der Waals surface area contributed by atoms with E-state index in [1.165, 1.54) is 0 Å². The summed E-state index contributed by atoms with van der Waals surface area (Å²) in [6.45, 7) is 2.70. The third kappa shape index (κ3) is 6.26. The number of amides is 1. The van der Waals surface area contributed by atoms with Gasteiger partial charge >= 0.3 is 5.97 Å². The van der Waals surface area contributed by atoms with Gasteiger partial charge in [0.25, 0.3) is 0 Å². The molecule has 2 atom stereocenters. The van der Waals surface area contributed by atoms with E-state index in [2.05, 4.69) is 5.32 Å². The van der Waals surface area contributed by atoms with Gasteiger partial charge in [0, 0.05) is 25.5 Å². The molecule has 5 nitrogen and oxygen atoms in total. The van der Waals surface area contributed by atoms with Gasteiger partial charge in [0.05, 0.1) is 6.10 Å². The van der Waals surface area contributed by atoms with Crippen LogP contribution in [0, 0.1) is 0 Å². The summed E-state index contributed by atoms with van der Waals surface area (Å²) in [5.41, 5.74) is 0. The molecule has 1 fully saturated rings. The summed E-state index contributed by atoms with van der Waals surface area (Å²) < 4.78 is 5.40. The number of hydrogen-bond donors (Lipinski definition) is 2. The maximum absolute atomic E-state index is 11.6. The second-order valence-corrected chi connectivity index (χ2v) is 4.57. The van der Waals surface area contributed by atoms with E-state index in [1.54, 1.807) is 0 Å². The first kappa shape index (κ1) is 14.0. The minimum Gasteiger partial charge on any atom is -0.481 e. The molecule has 0 radical (unpaired) electrons. The van der Waals surface area contributed by atoms with E-state index in [9.17, 15) is 9.59 Å². The van der Waals surface area contributed by atoms with Crippen molar-refractivity contribution in [1.29, 1.82) is 0 Å². The highest BCUT2D eigenvalue weighted by Crippen LogP contribution is 2.13. The van der Waals surface area contributed by atoms with Gasteiger partial charge in [-0.3, -0.25) is 9.59 Å². The molecular formula is C12H21NO4. The number of ether oxygens (including phenoxy) is 1. The number of carboxylic acids is 1. The molecular weight excluding hydrogens is 222 g/mol. The molecule has 0 saturated carbocycles. The molecule has 2 unspecified atom stereocenters. The van der Waals surface area contributed by atoms with E-state index < -0.39 is 5.97 Å². The summed E-state index contributed by atoms with van der Waals surface area (Å²) in [4.78, 5) is 21.8. The molecule has 1 amide bonds. The molecule has 0 spiro atoms. The zero-order chi connectivity index (χ0) is 12.7. The second-order valence-electron chi connectivity index (χ2n) is 4.57. The summed E-state index contributed by atoms with van der Waals surface area (Å²) in [6, 6.07) is 0.214. The lowest BCUT2D eigenvalue weighted by atomic mass is 10.0. The highest BCUT2D eigenvalue weighted by Gasteiger charge is 2.20. The van der Waals surface area contributed by atoms with Crippen molar-refractivity contribution in [3.8, 4) is 0 Å². The number of aliphatic carboxylic acids is 1. The SMILES string of the molecule is CC1CC(NC(=O)CCCCC(=O)O)CCO1. The molecule has 0 aromatic rings. The fraction of sp³-hybridized carbons (Fsp3) is 0.833. The molecule has 0 bridgehead atoms. The van der Waals surface area contributed by atoms with E-state index in [-0.39, 0.29) is 24.5 Å². The Labute approximate surface area is 102 Å². The first-order valence-electron chi connectivity index (χ1n) is 6.20. The zero-order valence-electron chi connectivity index (χ0n) is 10.3. The van der Waals surface area contributed by atoms with Gasteiger partial charge in [-0.15, -0.1) is 0 Å². The molecule has 0 aromatic carbocycles. The molecule has 1 aliphatic heterocycles. The van der Waals surface area contributed by atoms with Crippen molar-refractivity contribution in [2.24, 2.45) is 0 Å². The Morgan fingerprint density at radius 3 is 2.71 bits per heavy atom. The van der Waals surface area contributed by atoms with Crippen molar-refractivity contribution in [3.05, 3.63) is 0 Å². The van der Waals surface area contributed by atoms with E-state index in [4.69, 9.17) is 9.84 Å². The summed E-state index contributed by atoms with van der Waals surface area (Å²) in [5.74, 6) is -0.779. The zero-order valence-corrected chi connectivity index (χ0v) is 10.3. The molecule has 1 aliphatic rings. The topological polar surface area (TPSA) is 75.6 Å². The van der Waals surface area contributed by atoms with E-state index in [1.807, 2.05) is 6.92 Å². The first-order valence-corrected chi connectivity index (χ1v) is 6.20. The number of carbonyl (C=O) groups is 2. The van der Waals surface area contributed by atoms with Gasteiger partial charge in [-0.25, -0.2) is 0 Å². The number of nitrogens with one attached hydrogen (secondary N) is 1. The largest absolute Gasteiger partial charge is 0.481 e. The maximum atomic E-state index is 11.6. The molecule has 1 heterocycles. The van der Waals surface area contributed by atoms with Crippen LogP contribution in [-0.2, 0) is 14.3 Å². The highest BCUT2D eigenvalue weighted by molar-refractivity contribution is 5.76. The van der Waals surface area contributed by atoms with Crippen molar-refractivity contribution in [3.63, 3.8) is 0 Å². The summed E-state index contributed by atoms with van der Waals surface area (Å²) in [7, 11) is 0. The number of carboxylic acid groups (broad SMARTS) is 1. The average molecular weight is 243 g/mol. The quantitative estimate of drug-likeness (QED) is 0.690. The number of carbonyl (C=O) groups excluding carboxylic acids is 1. The number of rotatable bonds is 6. The van der Waals surface area contributed by atoms with Crippen LogP contribution in [0.15, 0.2) is 0 Å². The van der Waals surface area contributed by atoms with Crippen molar-refractivity contribution in [2.75, 3.05) is 6.61 Å². The van der Waals surface area contributed by atoms with Crippen LogP contribution in [0.25, 0.3) is 0 Å². The van der Waals surface area contributed by atoms with Gasteiger partial charge < -0.3 is 15.2 Å². The molecule has 1 rings (SSSR count). The van der Waals surface area contributed by atoms with Crippen LogP contribution in [0.2, 0.25) is 0 Å². The first-order chi connectivity index (χ1) is 8.08. The molecule has 0 aliphatic carbocycles. The van der Waals surface area contributed by atoms with E-state index >= 15 is 0 Å². The third-order valence-corrected chi connectivity index (χ3v) is 2.89. The Morgan fingerprint density at radius 2 is 2.06 bits per heavy atom. The Balaban J connectivity index is 2.09. The normalized spacial score (nSPS) is 24.3. The van der Waals surface area contributed by atoms with Gasteiger partial charge in [0.1, 0.15) is 0 Å². The molecule has 2 N–H and O–H groups in total. The standard InChI is InChI=1S/C12H21NO4/c1-9-8-10(6-7-17-9)13-11(14)4-2-3-5-12(15)16/h9-10H,2-8H2,1H3,(H,13,14)(H,15,16). The van der Waals surface area contributed by atoms with Gasteiger partial charge in [0.15, 0.2) is 0 Å². The Kier molecular flexibility index (Phi) is 5.97. The molecule has 98 valence electrons. The van der Waals surface area contributed by atoms with Gasteiger partial charge in [-0.2, -0.15) is 0 Å².